The van der Waals surface area contributed by atoms with E-state index in [2.05, 4.69) is 4.98 Å². The minimum atomic E-state index is -0.236. The third-order valence-electron chi connectivity index (χ3n) is 2.79. The lowest BCUT2D eigenvalue weighted by Gasteiger charge is -2.06. The van der Waals surface area contributed by atoms with Gasteiger partial charge in [0, 0.05) is 0 Å². The second-order valence-corrected chi connectivity index (χ2v) is 3.96. The molecular formula is C14H11FN2. The van der Waals surface area contributed by atoms with Crippen LogP contribution in [-0.4, -0.2) is 9.55 Å². The summed E-state index contributed by atoms with van der Waals surface area (Å²) in [6.07, 6.45) is 0. The van der Waals surface area contributed by atoms with Crippen LogP contribution in [-0.2, 0) is 0 Å². The number of hydrogen-bond donors (Lipinski definition) is 0. The summed E-state index contributed by atoms with van der Waals surface area (Å²) in [5.41, 5.74) is 2.72. The van der Waals surface area contributed by atoms with Crippen LogP contribution in [0.2, 0.25) is 0 Å². The monoisotopic (exact) mass is 226 g/mol. The van der Waals surface area contributed by atoms with Gasteiger partial charge >= 0.3 is 0 Å². The number of rotatable bonds is 1. The summed E-state index contributed by atoms with van der Waals surface area (Å²) in [4.78, 5) is 4.46. The number of benzene rings is 2. The molecule has 0 fully saturated rings. The van der Waals surface area contributed by atoms with E-state index in [-0.39, 0.29) is 5.82 Å². The second-order valence-electron chi connectivity index (χ2n) is 3.96. The van der Waals surface area contributed by atoms with Crippen molar-refractivity contribution in [2.45, 2.75) is 6.92 Å². The van der Waals surface area contributed by atoms with Crippen LogP contribution in [0, 0.1) is 12.7 Å². The first kappa shape index (κ1) is 10.0. The van der Waals surface area contributed by atoms with Crippen molar-refractivity contribution >= 4 is 11.0 Å². The van der Waals surface area contributed by atoms with E-state index in [1.165, 1.54) is 12.1 Å². The van der Waals surface area contributed by atoms with Crippen molar-refractivity contribution in [1.29, 1.82) is 0 Å². The molecule has 0 aliphatic rings. The molecule has 0 saturated carbocycles. The lowest BCUT2D eigenvalue weighted by molar-refractivity contribution is 0.626. The van der Waals surface area contributed by atoms with E-state index in [4.69, 9.17) is 0 Å². The molecule has 3 aromatic rings. The lowest BCUT2D eigenvalue weighted by atomic mass is 10.2. The highest BCUT2D eigenvalue weighted by atomic mass is 19.1. The Bertz CT molecular complexity index is 686. The summed E-state index contributed by atoms with van der Waals surface area (Å²) in [5.74, 6) is 0.622. The molecule has 0 amide bonds. The van der Waals surface area contributed by atoms with Gasteiger partial charge in [0.05, 0.1) is 16.7 Å². The number of halogens is 1. The molecule has 2 aromatic carbocycles. The van der Waals surface area contributed by atoms with Gasteiger partial charge in [0.1, 0.15) is 11.6 Å². The molecule has 3 rings (SSSR count). The fourth-order valence-corrected chi connectivity index (χ4v) is 2.09. The third kappa shape index (κ3) is 1.60. The maximum Gasteiger partial charge on any atom is 0.125 e. The van der Waals surface area contributed by atoms with Crippen LogP contribution in [0.3, 0.4) is 0 Å². The first-order valence-electron chi connectivity index (χ1n) is 5.46. The van der Waals surface area contributed by atoms with E-state index in [0.717, 1.165) is 22.5 Å². The topological polar surface area (TPSA) is 17.8 Å². The van der Waals surface area contributed by atoms with E-state index in [1.54, 1.807) is 6.07 Å². The molecule has 84 valence electrons. The number of imidazole rings is 1. The lowest BCUT2D eigenvalue weighted by Crippen LogP contribution is -1.96. The largest absolute Gasteiger partial charge is 0.296 e. The minimum Gasteiger partial charge on any atom is -0.296 e. The van der Waals surface area contributed by atoms with Gasteiger partial charge in [-0.25, -0.2) is 9.37 Å². The van der Waals surface area contributed by atoms with Gasteiger partial charge in [-0.2, -0.15) is 0 Å². The molecule has 0 spiro atoms. The Morgan fingerprint density at radius 3 is 2.71 bits per heavy atom. The Balaban J connectivity index is 2.33. The van der Waals surface area contributed by atoms with E-state index in [9.17, 15) is 4.39 Å². The van der Waals surface area contributed by atoms with Gasteiger partial charge in [-0.05, 0) is 37.3 Å². The number of fused-ring (bicyclic) bond motifs is 1. The Morgan fingerprint density at radius 2 is 1.88 bits per heavy atom. The average Bonchev–Trinajstić information content (AvgIpc) is 2.64. The zero-order chi connectivity index (χ0) is 11.8. The fourth-order valence-electron chi connectivity index (χ4n) is 2.09. The van der Waals surface area contributed by atoms with Gasteiger partial charge in [-0.15, -0.1) is 0 Å². The predicted molar refractivity (Wildman–Crippen MR) is 65.8 cm³/mol. The van der Waals surface area contributed by atoms with Gasteiger partial charge in [0.25, 0.3) is 0 Å². The first-order valence-corrected chi connectivity index (χ1v) is 5.46. The highest BCUT2D eigenvalue weighted by Crippen LogP contribution is 2.21. The van der Waals surface area contributed by atoms with Crippen LogP contribution in [0.15, 0.2) is 48.5 Å². The molecule has 3 heteroatoms. The van der Waals surface area contributed by atoms with Crippen LogP contribution >= 0.6 is 0 Å². The normalized spacial score (nSPS) is 10.9. The number of para-hydroxylation sites is 2. The van der Waals surface area contributed by atoms with Crippen LogP contribution in [0.25, 0.3) is 16.7 Å². The quantitative estimate of drug-likeness (QED) is 0.621. The third-order valence-corrected chi connectivity index (χ3v) is 2.79. The van der Waals surface area contributed by atoms with Gasteiger partial charge in [0.2, 0.25) is 0 Å². The molecule has 1 aromatic heterocycles. The molecule has 0 aliphatic heterocycles. The van der Waals surface area contributed by atoms with Crippen molar-refractivity contribution in [2.24, 2.45) is 0 Å². The molecule has 1 heterocycles. The average molecular weight is 226 g/mol. The fraction of sp³-hybridized carbons (Fsp3) is 0.0714. The van der Waals surface area contributed by atoms with Crippen molar-refractivity contribution in [1.82, 2.24) is 9.55 Å². The van der Waals surface area contributed by atoms with Gasteiger partial charge in [0.15, 0.2) is 0 Å². The maximum absolute atomic E-state index is 13.3. The molecule has 0 aliphatic carbocycles. The standard InChI is InChI=1S/C14H11FN2/c1-10-16-13-7-2-3-8-14(13)17(10)12-6-4-5-11(15)9-12/h2-9H,1H3. The Labute approximate surface area is 98.3 Å². The molecule has 0 atom stereocenters. The van der Waals surface area contributed by atoms with Crippen molar-refractivity contribution < 1.29 is 4.39 Å². The molecular weight excluding hydrogens is 215 g/mol. The second kappa shape index (κ2) is 3.70. The van der Waals surface area contributed by atoms with Crippen molar-refractivity contribution in [3.8, 4) is 5.69 Å². The van der Waals surface area contributed by atoms with Crippen LogP contribution in [0.4, 0.5) is 4.39 Å². The predicted octanol–water partition coefficient (Wildman–Crippen LogP) is 3.47. The van der Waals surface area contributed by atoms with Crippen LogP contribution in [0.5, 0.6) is 0 Å². The van der Waals surface area contributed by atoms with E-state index < -0.39 is 0 Å². The zero-order valence-electron chi connectivity index (χ0n) is 9.39. The number of aryl methyl sites for hydroxylation is 1. The van der Waals surface area contributed by atoms with Crippen LogP contribution in [0.1, 0.15) is 5.82 Å². The Hall–Kier alpha value is -2.16. The molecule has 0 radical (unpaired) electrons. The van der Waals surface area contributed by atoms with Gasteiger partial charge < -0.3 is 0 Å². The smallest absolute Gasteiger partial charge is 0.125 e. The summed E-state index contributed by atoms with van der Waals surface area (Å²) in [7, 11) is 0. The van der Waals surface area contributed by atoms with E-state index >= 15 is 0 Å². The summed E-state index contributed by atoms with van der Waals surface area (Å²) >= 11 is 0. The Morgan fingerprint density at radius 1 is 1.06 bits per heavy atom. The van der Waals surface area contributed by atoms with E-state index in [0.29, 0.717) is 0 Å². The molecule has 0 unspecified atom stereocenters. The summed E-state index contributed by atoms with van der Waals surface area (Å²) in [6, 6.07) is 14.4. The number of hydrogen-bond acceptors (Lipinski definition) is 1. The highest BCUT2D eigenvalue weighted by Gasteiger charge is 2.08. The zero-order valence-corrected chi connectivity index (χ0v) is 9.39. The van der Waals surface area contributed by atoms with Crippen LogP contribution < -0.4 is 0 Å². The van der Waals surface area contributed by atoms with E-state index in [1.807, 2.05) is 41.8 Å². The molecule has 0 saturated heterocycles. The highest BCUT2D eigenvalue weighted by molar-refractivity contribution is 5.78. The minimum absolute atomic E-state index is 0.236. The van der Waals surface area contributed by atoms with Crippen molar-refractivity contribution in [3.63, 3.8) is 0 Å². The van der Waals surface area contributed by atoms with Gasteiger partial charge in [-0.3, -0.25) is 4.57 Å². The summed E-state index contributed by atoms with van der Waals surface area (Å²) in [6.45, 7) is 1.92. The molecule has 2 nitrogen and oxygen atoms in total. The number of nitrogens with zero attached hydrogens (tertiary/aromatic N) is 2. The first-order chi connectivity index (χ1) is 8.25. The summed E-state index contributed by atoms with van der Waals surface area (Å²) in [5, 5.41) is 0. The summed E-state index contributed by atoms with van der Waals surface area (Å²) < 4.78 is 15.2. The molecule has 0 N–H and O–H groups in total. The molecule has 0 bridgehead atoms. The maximum atomic E-state index is 13.3. The van der Waals surface area contributed by atoms with Crippen molar-refractivity contribution in [2.75, 3.05) is 0 Å². The van der Waals surface area contributed by atoms with Crippen molar-refractivity contribution in [3.05, 3.63) is 60.2 Å². The number of aromatic nitrogens is 2. The SMILES string of the molecule is Cc1nc2ccccc2n1-c1cccc(F)c1. The molecule has 17 heavy (non-hydrogen) atoms. The van der Waals surface area contributed by atoms with Gasteiger partial charge in [-0.1, -0.05) is 18.2 Å². The Kier molecular flexibility index (Phi) is 2.18.